The number of aromatic nitrogens is 3. The van der Waals surface area contributed by atoms with E-state index in [9.17, 15) is 47.9 Å². The molecule has 11 amide bonds. The molecule has 8 unspecified atom stereocenters. The van der Waals surface area contributed by atoms with Crippen LogP contribution in [-0.2, 0) is 62.4 Å². The molecule has 29 nitrogen and oxygen atoms in total. The van der Waals surface area contributed by atoms with Crippen LogP contribution in [0.25, 0.3) is 10.9 Å². The van der Waals surface area contributed by atoms with Crippen LogP contribution in [-0.4, -0.2) is 170 Å². The monoisotopic (exact) mass is 1160 g/mol. The van der Waals surface area contributed by atoms with E-state index in [1.54, 1.807) is 42.6 Å². The van der Waals surface area contributed by atoms with E-state index in [-0.39, 0.29) is 88.0 Å². The Balaban J connectivity index is 1.38. The maximum Gasteiger partial charge on any atom is 0.332 e. The molecule has 31 heteroatoms. The van der Waals surface area contributed by atoms with E-state index < -0.39 is 108 Å². The summed E-state index contributed by atoms with van der Waals surface area (Å²) in [6, 6.07) is 3.84. The maximum atomic E-state index is 14.7. The number of hydrogen-bond acceptors (Lipinski definition) is 15. The van der Waals surface area contributed by atoms with Crippen molar-refractivity contribution in [2.75, 3.05) is 31.1 Å². The van der Waals surface area contributed by atoms with Crippen LogP contribution < -0.4 is 71.2 Å². The minimum Gasteiger partial charge on any atom is -0.370 e. The number of amides is 11. The van der Waals surface area contributed by atoms with Gasteiger partial charge in [0.15, 0.2) is 18.0 Å². The lowest BCUT2D eigenvalue weighted by atomic mass is 10.0. The number of guanidine groups is 2. The van der Waals surface area contributed by atoms with Gasteiger partial charge in [-0.2, -0.15) is 0 Å². The van der Waals surface area contributed by atoms with E-state index in [2.05, 4.69) is 73.2 Å². The molecular formula is C50H68N19O10S2+. The van der Waals surface area contributed by atoms with Crippen molar-refractivity contribution in [1.82, 2.24) is 62.4 Å². The van der Waals surface area contributed by atoms with E-state index >= 15 is 0 Å². The van der Waals surface area contributed by atoms with Crippen LogP contribution >= 0.6 is 21.6 Å². The number of aliphatic imine (C=N–C) groups is 2. The standard InChI is InChI=1S/C50H67N19O10S2/c1-26-41(72)64-35(19-29-21-56-25-61-29)45(76)65-33(17-27-9-3-2-4-10-27)43(74)63-32(13-7-15-57-48(52)53)42(73)66-34(18-28-20-59-31-12-6-5-11-30(28)31)44(75)67-36(40(51)71)23-80-81-24-37(46(77)62-26)68-47(78)38(14-8-16-58-49(54)55)69-39(70)22-60-50(69)79/h2-6,9-12,20-21,25-26,32-38,59H,7-8,13-19,22-24H2,1H3,(H2,51,71)(H,56,61)(H,60,79)(H,62,77)(H,63,74)(H,64,72)(H,65,76)(H,66,73)(H,67,75)(H,68,78)(H4,52,53,57)(H4,54,55,58)/p+1. The number of nitrogens with one attached hydrogen (secondary N) is 10. The molecule has 4 heterocycles. The summed E-state index contributed by atoms with van der Waals surface area (Å²) in [5, 5.41) is 22.0. The molecule has 0 spiro atoms. The average Bonchev–Trinajstić information content (AvgIpc) is 4.19. The van der Waals surface area contributed by atoms with Gasteiger partial charge in [0.1, 0.15) is 42.3 Å². The highest BCUT2D eigenvalue weighted by Crippen LogP contribution is 2.25. The van der Waals surface area contributed by atoms with Gasteiger partial charge in [0.25, 0.3) is 5.91 Å². The number of nitrogens with zero attached hydrogens (tertiary/aromatic N) is 4. The van der Waals surface area contributed by atoms with Crippen LogP contribution in [0.4, 0.5) is 4.79 Å². The molecular weight excluding hydrogens is 1090 g/mol. The quantitative estimate of drug-likeness (QED) is 0.0147. The Kier molecular flexibility index (Phi) is 22.8. The highest BCUT2D eigenvalue weighted by atomic mass is 33.1. The van der Waals surface area contributed by atoms with Crippen molar-refractivity contribution in [3.05, 3.63) is 90.1 Å². The second-order valence-electron chi connectivity index (χ2n) is 19.0. The topological polar surface area (TPSA) is 471 Å². The van der Waals surface area contributed by atoms with E-state index in [1.165, 1.54) is 19.4 Å². The second-order valence-corrected chi connectivity index (χ2v) is 21.6. The Bertz CT molecular complexity index is 2940. The van der Waals surface area contributed by atoms with Crippen LogP contribution in [0, 0.1) is 0 Å². The van der Waals surface area contributed by atoms with Gasteiger partial charge in [0, 0.05) is 72.8 Å². The third kappa shape index (κ3) is 18.4. The van der Waals surface area contributed by atoms with Crippen LogP contribution in [0.15, 0.2) is 83.3 Å². The van der Waals surface area contributed by atoms with Gasteiger partial charge in [0.05, 0.1) is 12.9 Å². The number of rotatable bonds is 18. The number of imidazole rings is 1. The van der Waals surface area contributed by atoms with Gasteiger partial charge in [-0.25, -0.2) is 14.6 Å². The Morgan fingerprint density at radius 3 is 1.98 bits per heavy atom. The summed E-state index contributed by atoms with van der Waals surface area (Å²) >= 11 is 0. The number of nitrogens with two attached hydrogens (primary N) is 4. The first-order valence-corrected chi connectivity index (χ1v) is 28.3. The highest BCUT2D eigenvalue weighted by Gasteiger charge is 2.41. The molecule has 2 aromatic heterocycles. The molecule has 2 aliphatic heterocycles. The summed E-state index contributed by atoms with van der Waals surface area (Å²) in [6.07, 6.45) is 4.14. The number of urea groups is 1. The predicted octanol–water partition coefficient (Wildman–Crippen LogP) is -4.48. The lowest BCUT2D eigenvalue weighted by molar-refractivity contribution is -0.307. The predicted molar refractivity (Wildman–Crippen MR) is 300 cm³/mol. The zero-order valence-corrected chi connectivity index (χ0v) is 45.9. The molecule has 2 aromatic carbocycles. The van der Waals surface area contributed by atoms with E-state index in [0.717, 1.165) is 37.4 Å². The number of imide groups is 1. The summed E-state index contributed by atoms with van der Waals surface area (Å²) in [5.74, 6) is -8.29. The number of para-hydroxylation sites is 1. The molecule has 6 rings (SSSR count). The van der Waals surface area contributed by atoms with Crippen molar-refractivity contribution in [2.24, 2.45) is 32.9 Å². The van der Waals surface area contributed by atoms with Gasteiger partial charge < -0.3 is 75.4 Å². The number of carbonyl (C=O) groups is 10. The summed E-state index contributed by atoms with van der Waals surface area (Å²) in [5.41, 5.74) is 28.1. The molecule has 0 bridgehead atoms. The van der Waals surface area contributed by atoms with Crippen LogP contribution in [0.5, 0.6) is 0 Å². The zero-order valence-electron chi connectivity index (χ0n) is 44.2. The van der Waals surface area contributed by atoms with Crippen molar-refractivity contribution in [1.29, 1.82) is 0 Å². The van der Waals surface area contributed by atoms with Gasteiger partial charge in [-0.3, -0.25) is 59.0 Å². The number of quaternary nitrogens is 1. The smallest absolute Gasteiger partial charge is 0.332 e. The maximum absolute atomic E-state index is 14.7. The minimum absolute atomic E-state index is 0.0280. The molecule has 0 aliphatic carbocycles. The summed E-state index contributed by atoms with van der Waals surface area (Å²) in [4.78, 5) is 159. The Morgan fingerprint density at radius 2 is 1.32 bits per heavy atom. The molecule has 81 heavy (non-hydrogen) atoms. The van der Waals surface area contributed by atoms with Crippen molar-refractivity contribution >= 4 is 104 Å². The van der Waals surface area contributed by atoms with Gasteiger partial charge >= 0.3 is 11.9 Å². The van der Waals surface area contributed by atoms with Crippen LogP contribution in [0.2, 0.25) is 0 Å². The van der Waals surface area contributed by atoms with Gasteiger partial charge in [0.2, 0.25) is 41.4 Å². The second kappa shape index (κ2) is 30.0. The van der Waals surface area contributed by atoms with Crippen LogP contribution in [0.1, 0.15) is 49.4 Å². The summed E-state index contributed by atoms with van der Waals surface area (Å²) in [7, 11) is 1.99. The Morgan fingerprint density at radius 1 is 0.716 bits per heavy atom. The molecule has 4 aromatic rings. The first-order valence-electron chi connectivity index (χ1n) is 25.8. The van der Waals surface area contributed by atoms with E-state index in [4.69, 9.17) is 22.9 Å². The van der Waals surface area contributed by atoms with E-state index in [1.807, 2.05) is 18.2 Å². The molecule has 8 atom stereocenters. The lowest BCUT2D eigenvalue weighted by Crippen LogP contribution is -2.68. The fraction of sp³-hybridized carbons (Fsp3) is 0.420. The van der Waals surface area contributed by atoms with E-state index in [0.29, 0.717) is 16.8 Å². The molecule has 2 fully saturated rings. The minimum atomic E-state index is -1.50. The number of benzene rings is 2. The number of fused-ring (bicyclic) bond motifs is 1. The van der Waals surface area contributed by atoms with Crippen molar-refractivity contribution in [3.63, 3.8) is 0 Å². The molecule has 0 radical (unpaired) electrons. The Hall–Kier alpha value is -8.71. The number of aromatic amines is 2. The largest absolute Gasteiger partial charge is 0.370 e. The summed E-state index contributed by atoms with van der Waals surface area (Å²) < 4.78 is 0. The first-order chi connectivity index (χ1) is 38.8. The third-order valence-corrected chi connectivity index (χ3v) is 15.3. The van der Waals surface area contributed by atoms with Crippen molar-refractivity contribution in [2.45, 2.75) is 100 Å². The normalized spacial score (nSPS) is 22.4. The lowest BCUT2D eigenvalue weighted by Gasteiger charge is -2.28. The van der Waals surface area contributed by atoms with Crippen molar-refractivity contribution < 1.29 is 53.7 Å². The molecule has 21 N–H and O–H groups in total. The fourth-order valence-electron chi connectivity index (χ4n) is 8.67. The number of H-pyrrole nitrogens is 2. The SMILES string of the molecule is CC1NC(=O)C(NC(=O)C(CCCN=C(N)N)N2C(=O)CNC2=O)CSSCC(C([NH3+])=O)NC(=O)C(Cc2c[nH]c3ccccc23)NC(=O)C(CCCN=C(N)N)NC(=O)C(Cc2ccccc2)NC(=O)C(Cc2cnc[nH]2)NC1=O. The summed E-state index contributed by atoms with van der Waals surface area (Å²) in [6.45, 7) is 1.01. The van der Waals surface area contributed by atoms with Gasteiger partial charge in [-0.05, 0) is 49.8 Å². The fourth-order valence-corrected chi connectivity index (χ4v) is 11.0. The molecule has 434 valence electrons. The highest BCUT2D eigenvalue weighted by molar-refractivity contribution is 8.76. The number of hydrogen-bond donors (Lipinski definition) is 15. The Labute approximate surface area is 472 Å². The van der Waals surface area contributed by atoms with Crippen LogP contribution in [0.3, 0.4) is 0 Å². The first kappa shape index (κ1) is 61.5. The molecule has 2 saturated heterocycles. The molecule has 0 saturated carbocycles. The number of carbonyl (C=O) groups excluding carboxylic acids is 10. The zero-order chi connectivity index (χ0) is 58.6. The molecule has 2 aliphatic rings. The van der Waals surface area contributed by atoms with Crippen molar-refractivity contribution in [3.8, 4) is 0 Å². The van der Waals surface area contributed by atoms with Gasteiger partial charge in [-0.1, -0.05) is 70.1 Å². The van der Waals surface area contributed by atoms with Gasteiger partial charge in [-0.15, -0.1) is 0 Å². The third-order valence-electron chi connectivity index (χ3n) is 12.9. The average molecular weight is 1160 g/mol.